The van der Waals surface area contributed by atoms with Crippen molar-refractivity contribution in [3.8, 4) is 0 Å². The van der Waals surface area contributed by atoms with E-state index in [1.54, 1.807) is 0 Å². The molecule has 2 unspecified atom stereocenters. The molecule has 190 valence electrons. The molecule has 2 heterocycles. The maximum absolute atomic E-state index is 6.32. The summed E-state index contributed by atoms with van der Waals surface area (Å²) in [6, 6.07) is 49.0. The number of halogens is 1. The first-order chi connectivity index (χ1) is 19.2. The SMILES string of the molecule is Clc1ccc(C2CC3(c4ccccc4)N(c4ccccc4)N=C(c4ccccc4)N3c3ccccc3S2)cc1. The van der Waals surface area contributed by atoms with E-state index in [2.05, 4.69) is 137 Å². The van der Waals surface area contributed by atoms with Crippen LogP contribution in [0.15, 0.2) is 150 Å². The third-order valence-electron chi connectivity index (χ3n) is 7.48. The molecule has 39 heavy (non-hydrogen) atoms. The van der Waals surface area contributed by atoms with Gasteiger partial charge in [0.2, 0.25) is 0 Å². The number of benzene rings is 5. The standard InChI is InChI=1S/C34H26ClN3S/c35-28-22-20-25(21-23-28)32-24-34(27-14-6-2-7-15-27)37(30-18-10-11-19-31(30)39-32)33(26-12-4-1-5-13-26)36-38(34)29-16-8-3-9-17-29/h1-23,32H,24H2. The number of fused-ring (bicyclic) bond motifs is 3. The zero-order chi connectivity index (χ0) is 26.2. The third-order valence-corrected chi connectivity index (χ3v) is 9.06. The molecule has 7 rings (SSSR count). The quantitative estimate of drug-likeness (QED) is 0.225. The minimum Gasteiger partial charge on any atom is -0.294 e. The summed E-state index contributed by atoms with van der Waals surface area (Å²) in [6.45, 7) is 0. The average Bonchev–Trinajstić information content (AvgIpc) is 3.26. The minimum atomic E-state index is -0.613. The number of rotatable bonds is 4. The normalized spacial score (nSPS) is 20.1. The number of hydrazone groups is 1. The van der Waals surface area contributed by atoms with Crippen molar-refractivity contribution >= 4 is 40.6 Å². The van der Waals surface area contributed by atoms with E-state index in [1.165, 1.54) is 16.0 Å². The Morgan fingerprint density at radius 1 is 0.692 bits per heavy atom. The van der Waals surface area contributed by atoms with Gasteiger partial charge in [-0.1, -0.05) is 115 Å². The minimum absolute atomic E-state index is 0.158. The van der Waals surface area contributed by atoms with Gasteiger partial charge in [0.25, 0.3) is 0 Å². The first-order valence-electron chi connectivity index (χ1n) is 13.1. The summed E-state index contributed by atoms with van der Waals surface area (Å²) in [5, 5.41) is 8.60. The molecular formula is C34H26ClN3S. The van der Waals surface area contributed by atoms with Crippen molar-refractivity contribution in [2.24, 2.45) is 5.10 Å². The first kappa shape index (κ1) is 24.1. The van der Waals surface area contributed by atoms with E-state index in [-0.39, 0.29) is 5.25 Å². The first-order valence-corrected chi connectivity index (χ1v) is 14.4. The van der Waals surface area contributed by atoms with Crippen molar-refractivity contribution in [1.29, 1.82) is 0 Å². The topological polar surface area (TPSA) is 18.8 Å². The van der Waals surface area contributed by atoms with Crippen molar-refractivity contribution < 1.29 is 0 Å². The zero-order valence-corrected chi connectivity index (χ0v) is 22.8. The maximum atomic E-state index is 6.32. The van der Waals surface area contributed by atoms with Crippen LogP contribution >= 0.6 is 23.4 Å². The van der Waals surface area contributed by atoms with E-state index in [0.29, 0.717) is 0 Å². The maximum Gasteiger partial charge on any atom is 0.167 e. The Morgan fingerprint density at radius 2 is 1.31 bits per heavy atom. The molecule has 0 spiro atoms. The predicted molar refractivity (Wildman–Crippen MR) is 164 cm³/mol. The third kappa shape index (κ3) is 4.12. The zero-order valence-electron chi connectivity index (χ0n) is 21.2. The van der Waals surface area contributed by atoms with E-state index in [1.807, 2.05) is 23.9 Å². The smallest absolute Gasteiger partial charge is 0.167 e. The lowest BCUT2D eigenvalue weighted by atomic mass is 9.88. The van der Waals surface area contributed by atoms with Crippen LogP contribution in [-0.4, -0.2) is 5.84 Å². The van der Waals surface area contributed by atoms with Crippen molar-refractivity contribution in [3.05, 3.63) is 161 Å². The molecule has 3 nitrogen and oxygen atoms in total. The van der Waals surface area contributed by atoms with Crippen molar-refractivity contribution in [2.75, 3.05) is 9.91 Å². The van der Waals surface area contributed by atoms with Gasteiger partial charge >= 0.3 is 0 Å². The average molecular weight is 544 g/mol. The van der Waals surface area contributed by atoms with Gasteiger partial charge in [-0.25, -0.2) is 5.01 Å². The van der Waals surface area contributed by atoms with E-state index < -0.39 is 5.66 Å². The summed E-state index contributed by atoms with van der Waals surface area (Å²) in [5.41, 5.74) is 5.12. The number of para-hydroxylation sites is 2. The molecule has 0 aliphatic carbocycles. The lowest BCUT2D eigenvalue weighted by molar-refractivity contribution is 0.407. The number of anilines is 2. The molecule has 5 heteroatoms. The Bertz CT molecular complexity index is 1620. The monoisotopic (exact) mass is 543 g/mol. The lowest BCUT2D eigenvalue weighted by Gasteiger charge is -2.45. The van der Waals surface area contributed by atoms with Gasteiger partial charge in [-0.05, 0) is 42.0 Å². The van der Waals surface area contributed by atoms with Gasteiger partial charge in [0.1, 0.15) is 0 Å². The number of nitrogens with zero attached hydrogens (tertiary/aromatic N) is 3. The summed E-state index contributed by atoms with van der Waals surface area (Å²) >= 11 is 8.24. The summed E-state index contributed by atoms with van der Waals surface area (Å²) in [7, 11) is 0. The van der Waals surface area contributed by atoms with Gasteiger partial charge in [-0.3, -0.25) is 4.90 Å². The Balaban J connectivity index is 1.55. The fraction of sp³-hybridized carbons (Fsp3) is 0.0882. The number of amidine groups is 1. The second-order valence-electron chi connectivity index (χ2n) is 9.78. The molecule has 0 radical (unpaired) electrons. The van der Waals surface area contributed by atoms with E-state index in [0.717, 1.165) is 34.2 Å². The van der Waals surface area contributed by atoms with Crippen LogP contribution in [0.25, 0.3) is 0 Å². The van der Waals surface area contributed by atoms with Crippen molar-refractivity contribution in [3.63, 3.8) is 0 Å². The Hall–Kier alpha value is -3.99. The molecule has 0 fully saturated rings. The van der Waals surface area contributed by atoms with Gasteiger partial charge in [0.15, 0.2) is 11.5 Å². The van der Waals surface area contributed by atoms with Crippen LogP contribution in [0.4, 0.5) is 11.4 Å². The molecule has 0 N–H and O–H groups in total. The lowest BCUT2D eigenvalue weighted by Crippen LogP contribution is -2.54. The second-order valence-corrected chi connectivity index (χ2v) is 11.5. The van der Waals surface area contributed by atoms with E-state index in [9.17, 15) is 0 Å². The summed E-state index contributed by atoms with van der Waals surface area (Å²) in [6.07, 6.45) is 0.798. The van der Waals surface area contributed by atoms with E-state index >= 15 is 0 Å². The molecule has 0 bridgehead atoms. The number of hydrogen-bond acceptors (Lipinski definition) is 4. The molecule has 2 atom stereocenters. The Morgan fingerprint density at radius 3 is 2.03 bits per heavy atom. The second kappa shape index (κ2) is 9.96. The fourth-order valence-corrected chi connectivity index (χ4v) is 7.21. The van der Waals surface area contributed by atoms with Gasteiger partial charge < -0.3 is 0 Å². The summed E-state index contributed by atoms with van der Waals surface area (Å²) in [4.78, 5) is 3.71. The highest BCUT2D eigenvalue weighted by Crippen LogP contribution is 2.57. The highest BCUT2D eigenvalue weighted by Gasteiger charge is 2.55. The number of hydrogen-bond donors (Lipinski definition) is 0. The van der Waals surface area contributed by atoms with Crippen LogP contribution in [0.2, 0.25) is 5.02 Å². The van der Waals surface area contributed by atoms with Gasteiger partial charge in [-0.15, -0.1) is 11.8 Å². The predicted octanol–water partition coefficient (Wildman–Crippen LogP) is 9.12. The highest BCUT2D eigenvalue weighted by molar-refractivity contribution is 7.99. The number of thioether (sulfide) groups is 1. The highest BCUT2D eigenvalue weighted by atomic mass is 35.5. The van der Waals surface area contributed by atoms with Crippen LogP contribution in [-0.2, 0) is 5.66 Å². The molecule has 0 amide bonds. The van der Waals surface area contributed by atoms with Gasteiger partial charge in [0.05, 0.1) is 11.4 Å². The largest absolute Gasteiger partial charge is 0.294 e. The van der Waals surface area contributed by atoms with Gasteiger partial charge in [-0.2, -0.15) is 5.10 Å². The molecule has 2 aliphatic heterocycles. The fourth-order valence-electron chi connectivity index (χ4n) is 5.73. The molecule has 0 saturated carbocycles. The molecule has 0 saturated heterocycles. The van der Waals surface area contributed by atoms with Crippen LogP contribution in [0.3, 0.4) is 0 Å². The molecule has 0 aromatic heterocycles. The van der Waals surface area contributed by atoms with Crippen LogP contribution in [0.5, 0.6) is 0 Å². The molecule has 5 aromatic carbocycles. The molecular weight excluding hydrogens is 518 g/mol. The van der Waals surface area contributed by atoms with Crippen molar-refractivity contribution in [1.82, 2.24) is 0 Å². The Kier molecular flexibility index (Phi) is 6.15. The van der Waals surface area contributed by atoms with Crippen LogP contribution < -0.4 is 9.91 Å². The van der Waals surface area contributed by atoms with Gasteiger partial charge in [0, 0.05) is 32.7 Å². The Labute approximate surface area is 238 Å². The van der Waals surface area contributed by atoms with Crippen LogP contribution in [0, 0.1) is 0 Å². The molecule has 5 aromatic rings. The van der Waals surface area contributed by atoms with Crippen molar-refractivity contribution in [2.45, 2.75) is 22.2 Å². The van der Waals surface area contributed by atoms with Crippen LogP contribution in [0.1, 0.15) is 28.4 Å². The summed E-state index contributed by atoms with van der Waals surface area (Å²) in [5.74, 6) is 0.938. The molecule has 2 aliphatic rings. The van der Waals surface area contributed by atoms with E-state index in [4.69, 9.17) is 16.7 Å². The summed E-state index contributed by atoms with van der Waals surface area (Å²) < 4.78 is 0.